The summed E-state index contributed by atoms with van der Waals surface area (Å²) in [6, 6.07) is 9.85. The smallest absolute Gasteiger partial charge is 0.320 e. The van der Waals surface area contributed by atoms with E-state index in [1.807, 2.05) is 32.0 Å². The fraction of sp³-hybridized carbons (Fsp3) is 0.533. The van der Waals surface area contributed by atoms with Gasteiger partial charge < -0.3 is 10.4 Å². The highest BCUT2D eigenvalue weighted by atomic mass is 16.4. The number of carbonyl (C=O) groups is 1. The molecule has 1 rings (SSSR count). The number of rotatable bonds is 7. The molecule has 2 unspecified atom stereocenters. The van der Waals surface area contributed by atoms with Gasteiger partial charge in [0.1, 0.15) is 6.04 Å². The summed E-state index contributed by atoms with van der Waals surface area (Å²) in [6.45, 7) is 6.74. The topological polar surface area (TPSA) is 49.3 Å². The van der Waals surface area contributed by atoms with Crippen LogP contribution >= 0.6 is 0 Å². The number of hydrogen-bond donors (Lipinski definition) is 2. The van der Waals surface area contributed by atoms with E-state index >= 15 is 0 Å². The van der Waals surface area contributed by atoms with Crippen molar-refractivity contribution in [3.05, 3.63) is 35.9 Å². The normalized spacial score (nSPS) is 14.4. The van der Waals surface area contributed by atoms with Crippen molar-refractivity contribution in [2.45, 2.75) is 39.2 Å². The molecule has 0 fully saturated rings. The second-order valence-corrected chi connectivity index (χ2v) is 5.11. The molecule has 0 aliphatic rings. The van der Waals surface area contributed by atoms with E-state index in [9.17, 15) is 4.79 Å². The van der Waals surface area contributed by atoms with Crippen LogP contribution in [0.4, 0.5) is 0 Å². The predicted octanol–water partition coefficient (Wildman–Crippen LogP) is 2.88. The van der Waals surface area contributed by atoms with Crippen molar-refractivity contribution in [3.63, 3.8) is 0 Å². The summed E-state index contributed by atoms with van der Waals surface area (Å²) in [5.74, 6) is -0.216. The Hall–Kier alpha value is -1.35. The summed E-state index contributed by atoms with van der Waals surface area (Å²) in [6.07, 6.45) is 0.945. The number of hydrogen-bond acceptors (Lipinski definition) is 2. The predicted molar refractivity (Wildman–Crippen MR) is 73.7 cm³/mol. The summed E-state index contributed by atoms with van der Waals surface area (Å²) in [5.41, 5.74) is 1.30. The third-order valence-corrected chi connectivity index (χ3v) is 3.24. The lowest BCUT2D eigenvalue weighted by atomic mass is 9.97. The summed E-state index contributed by atoms with van der Waals surface area (Å²) < 4.78 is 0. The largest absolute Gasteiger partial charge is 0.480 e. The molecule has 0 saturated carbocycles. The Morgan fingerprint density at radius 3 is 2.33 bits per heavy atom. The Bertz CT molecular complexity index is 362. The Kier molecular flexibility index (Phi) is 5.86. The molecule has 100 valence electrons. The molecular formula is C15H23NO2. The lowest BCUT2D eigenvalue weighted by Crippen LogP contribution is -2.41. The molecule has 2 N–H and O–H groups in total. The molecule has 0 aromatic heterocycles. The highest BCUT2D eigenvalue weighted by Gasteiger charge is 2.20. The average Bonchev–Trinajstić information content (AvgIpc) is 2.34. The Labute approximate surface area is 109 Å². The first-order valence-corrected chi connectivity index (χ1v) is 6.53. The molecule has 3 nitrogen and oxygen atoms in total. The van der Waals surface area contributed by atoms with Gasteiger partial charge in [0.05, 0.1) is 0 Å². The first kappa shape index (κ1) is 14.7. The zero-order valence-corrected chi connectivity index (χ0v) is 11.4. The van der Waals surface area contributed by atoms with Crippen LogP contribution in [0.1, 0.15) is 38.7 Å². The monoisotopic (exact) mass is 249 g/mol. The number of carboxylic acids is 1. The lowest BCUT2D eigenvalue weighted by Gasteiger charge is -2.19. The maximum atomic E-state index is 11.0. The molecule has 2 atom stereocenters. The maximum absolute atomic E-state index is 11.0. The van der Waals surface area contributed by atoms with Gasteiger partial charge in [0.2, 0.25) is 0 Å². The van der Waals surface area contributed by atoms with Gasteiger partial charge in [-0.25, -0.2) is 0 Å². The summed E-state index contributed by atoms with van der Waals surface area (Å²) in [7, 11) is 0. The molecule has 3 heteroatoms. The average molecular weight is 249 g/mol. The van der Waals surface area contributed by atoms with Crippen LogP contribution in [0.5, 0.6) is 0 Å². The zero-order chi connectivity index (χ0) is 13.5. The summed E-state index contributed by atoms with van der Waals surface area (Å²) in [4.78, 5) is 11.0. The van der Waals surface area contributed by atoms with Crippen molar-refractivity contribution < 1.29 is 9.90 Å². The molecule has 1 aromatic rings. The highest BCUT2D eigenvalue weighted by molar-refractivity contribution is 5.73. The van der Waals surface area contributed by atoms with Gasteiger partial charge in [-0.1, -0.05) is 51.1 Å². The molecule has 0 aliphatic heterocycles. The Morgan fingerprint density at radius 2 is 1.83 bits per heavy atom. The van der Waals surface area contributed by atoms with Crippen LogP contribution in [-0.4, -0.2) is 23.7 Å². The molecule has 0 heterocycles. The van der Waals surface area contributed by atoms with E-state index in [2.05, 4.69) is 24.4 Å². The van der Waals surface area contributed by atoms with Gasteiger partial charge in [-0.05, 0) is 30.4 Å². The summed E-state index contributed by atoms with van der Waals surface area (Å²) >= 11 is 0. The van der Waals surface area contributed by atoms with Crippen molar-refractivity contribution in [1.29, 1.82) is 0 Å². The second kappa shape index (κ2) is 7.17. The van der Waals surface area contributed by atoms with Gasteiger partial charge in [-0.2, -0.15) is 0 Å². The lowest BCUT2D eigenvalue weighted by molar-refractivity contribution is -0.140. The van der Waals surface area contributed by atoms with E-state index in [0.29, 0.717) is 5.92 Å². The van der Waals surface area contributed by atoms with Gasteiger partial charge in [0.15, 0.2) is 0 Å². The Balaban J connectivity index is 2.39. The van der Waals surface area contributed by atoms with E-state index in [0.717, 1.165) is 13.0 Å². The number of aliphatic carboxylic acids is 1. The van der Waals surface area contributed by atoms with Crippen LogP contribution in [0.25, 0.3) is 0 Å². The minimum atomic E-state index is -0.766. The zero-order valence-electron chi connectivity index (χ0n) is 11.4. The first-order valence-electron chi connectivity index (χ1n) is 6.53. The fourth-order valence-corrected chi connectivity index (χ4v) is 2.01. The van der Waals surface area contributed by atoms with Crippen LogP contribution in [-0.2, 0) is 4.79 Å². The fourth-order valence-electron chi connectivity index (χ4n) is 2.01. The van der Waals surface area contributed by atoms with Crippen molar-refractivity contribution >= 4 is 5.97 Å². The van der Waals surface area contributed by atoms with Crippen LogP contribution in [0, 0.1) is 5.92 Å². The SMILES string of the molecule is CC(CCNC(C(=O)O)C(C)C)c1ccccc1. The minimum Gasteiger partial charge on any atom is -0.480 e. The van der Waals surface area contributed by atoms with E-state index in [1.54, 1.807) is 0 Å². The van der Waals surface area contributed by atoms with Crippen LogP contribution in [0.15, 0.2) is 30.3 Å². The minimum absolute atomic E-state index is 0.106. The molecule has 0 spiro atoms. The molecule has 0 bridgehead atoms. The van der Waals surface area contributed by atoms with Gasteiger partial charge >= 0.3 is 5.97 Å². The highest BCUT2D eigenvalue weighted by Crippen LogP contribution is 2.17. The molecule has 0 amide bonds. The Morgan fingerprint density at radius 1 is 1.22 bits per heavy atom. The first-order chi connectivity index (χ1) is 8.52. The standard InChI is InChI=1S/C15H23NO2/c1-11(2)14(15(17)18)16-10-9-12(3)13-7-5-4-6-8-13/h4-8,11-12,14,16H,9-10H2,1-3H3,(H,17,18). The van der Waals surface area contributed by atoms with Gasteiger partial charge in [-0.3, -0.25) is 4.79 Å². The molecule has 0 radical (unpaired) electrons. The van der Waals surface area contributed by atoms with Crippen LogP contribution in [0.2, 0.25) is 0 Å². The van der Waals surface area contributed by atoms with Crippen LogP contribution < -0.4 is 5.32 Å². The van der Waals surface area contributed by atoms with Crippen molar-refractivity contribution in [3.8, 4) is 0 Å². The van der Waals surface area contributed by atoms with Gasteiger partial charge in [-0.15, -0.1) is 0 Å². The quantitative estimate of drug-likeness (QED) is 0.781. The molecule has 1 aromatic carbocycles. The maximum Gasteiger partial charge on any atom is 0.320 e. The van der Waals surface area contributed by atoms with Crippen molar-refractivity contribution in [2.24, 2.45) is 5.92 Å². The van der Waals surface area contributed by atoms with E-state index in [-0.39, 0.29) is 5.92 Å². The molecular weight excluding hydrogens is 226 g/mol. The van der Waals surface area contributed by atoms with Gasteiger partial charge in [0, 0.05) is 0 Å². The number of nitrogens with one attached hydrogen (secondary N) is 1. The van der Waals surface area contributed by atoms with E-state index in [4.69, 9.17) is 5.11 Å². The van der Waals surface area contributed by atoms with Crippen LogP contribution in [0.3, 0.4) is 0 Å². The summed E-state index contributed by atoms with van der Waals surface area (Å²) in [5, 5.41) is 12.2. The molecule has 0 aliphatic carbocycles. The van der Waals surface area contributed by atoms with E-state index < -0.39 is 12.0 Å². The third kappa shape index (κ3) is 4.49. The van der Waals surface area contributed by atoms with Gasteiger partial charge in [0.25, 0.3) is 0 Å². The van der Waals surface area contributed by atoms with Crippen molar-refractivity contribution in [2.75, 3.05) is 6.54 Å². The van der Waals surface area contributed by atoms with Crippen molar-refractivity contribution in [1.82, 2.24) is 5.32 Å². The second-order valence-electron chi connectivity index (χ2n) is 5.11. The third-order valence-electron chi connectivity index (χ3n) is 3.24. The number of carboxylic acid groups (broad SMARTS) is 1. The molecule has 0 saturated heterocycles. The van der Waals surface area contributed by atoms with E-state index in [1.165, 1.54) is 5.56 Å². The molecule has 18 heavy (non-hydrogen) atoms. The number of benzene rings is 1.